The first-order valence-corrected chi connectivity index (χ1v) is 23.6. The number of nitrogens with zero attached hydrogens (tertiary/aromatic N) is 5. The Bertz CT molecular complexity index is 2940. The van der Waals surface area contributed by atoms with Gasteiger partial charge in [-0.3, -0.25) is 24.1 Å². The van der Waals surface area contributed by atoms with Gasteiger partial charge in [0.15, 0.2) is 11.7 Å². The third-order valence-corrected chi connectivity index (χ3v) is 13.3. The molecule has 368 valence electrons. The van der Waals surface area contributed by atoms with Crippen molar-refractivity contribution in [2.24, 2.45) is 5.41 Å². The van der Waals surface area contributed by atoms with Gasteiger partial charge in [-0.05, 0) is 116 Å². The van der Waals surface area contributed by atoms with Crippen LogP contribution in [0.15, 0.2) is 96.5 Å². The number of ether oxygens (including phenoxy) is 2. The third-order valence-electron chi connectivity index (χ3n) is 11.9. The van der Waals surface area contributed by atoms with E-state index in [9.17, 15) is 42.7 Å². The Morgan fingerprint density at radius 3 is 2.23 bits per heavy atom. The summed E-state index contributed by atoms with van der Waals surface area (Å²) < 4.78 is 52.7. The van der Waals surface area contributed by atoms with E-state index >= 15 is 0 Å². The zero-order chi connectivity index (χ0) is 51.4. The van der Waals surface area contributed by atoms with Gasteiger partial charge >= 0.3 is 6.18 Å². The number of thiocarbonyl (C=S) groups is 1. The molecule has 2 aliphatic rings. The molecule has 5 aromatic rings. The van der Waals surface area contributed by atoms with Crippen molar-refractivity contribution < 1.29 is 46.9 Å². The number of aromatic nitrogens is 1. The molecular formula is C52H50F3N7O7S2. The van der Waals surface area contributed by atoms with Gasteiger partial charge in [0.25, 0.3) is 11.8 Å². The van der Waals surface area contributed by atoms with Crippen molar-refractivity contribution in [3.8, 4) is 39.8 Å². The normalized spacial score (nSPS) is 17.0. The SMILES string of the molecule is Cc1ncsc1-c1ccc(CNC(=O)[C@@H]2C[C@@H](O)CN2C(=O)[C@@H](NC(=O)COc2ccc(OCC#Cc3ccc(N4C(=S)N(c5ccc(C#N)c(C(F)(F)F)c5)C(=O)C4(C)C)cc3)cc2)C(C)(C)C)cc1. The summed E-state index contributed by atoms with van der Waals surface area (Å²) in [6.45, 7) is 10.3. The van der Waals surface area contributed by atoms with Gasteiger partial charge < -0.3 is 35.0 Å². The van der Waals surface area contributed by atoms with Gasteiger partial charge in [-0.1, -0.05) is 56.9 Å². The van der Waals surface area contributed by atoms with Crippen LogP contribution in [0.1, 0.15) is 69.0 Å². The minimum atomic E-state index is -4.82. The van der Waals surface area contributed by atoms with E-state index in [-0.39, 0.29) is 36.9 Å². The maximum Gasteiger partial charge on any atom is 0.417 e. The molecule has 3 N–H and O–H groups in total. The highest BCUT2D eigenvalue weighted by Gasteiger charge is 2.51. The van der Waals surface area contributed by atoms with Crippen molar-refractivity contribution >= 4 is 63.7 Å². The van der Waals surface area contributed by atoms with E-state index in [1.165, 1.54) is 17.0 Å². The predicted molar refractivity (Wildman–Crippen MR) is 265 cm³/mol. The Kier molecular flexibility index (Phi) is 15.2. The van der Waals surface area contributed by atoms with Crippen LogP contribution < -0.4 is 29.9 Å². The van der Waals surface area contributed by atoms with Gasteiger partial charge in [0.05, 0.1) is 45.1 Å². The molecular weight excluding hydrogens is 956 g/mol. The van der Waals surface area contributed by atoms with Crippen LogP contribution in [0.2, 0.25) is 0 Å². The van der Waals surface area contributed by atoms with Crippen molar-refractivity contribution in [1.82, 2.24) is 20.5 Å². The maximum atomic E-state index is 14.0. The number of nitrogens with one attached hydrogen (secondary N) is 2. The van der Waals surface area contributed by atoms with Crippen molar-refractivity contribution in [3.05, 3.63) is 124 Å². The number of aliphatic hydroxyl groups excluding tert-OH is 1. The Hall–Kier alpha value is -7.32. The lowest BCUT2D eigenvalue weighted by atomic mass is 9.85. The zero-order valence-electron chi connectivity index (χ0n) is 39.6. The first-order chi connectivity index (χ1) is 33.6. The average molecular weight is 1010 g/mol. The molecule has 0 unspecified atom stereocenters. The van der Waals surface area contributed by atoms with Gasteiger partial charge in [-0.15, -0.1) is 11.3 Å². The van der Waals surface area contributed by atoms with E-state index in [1.54, 1.807) is 105 Å². The number of hydrogen-bond donors (Lipinski definition) is 3. The summed E-state index contributed by atoms with van der Waals surface area (Å²) in [5.74, 6) is 4.75. The molecule has 2 fully saturated rings. The van der Waals surface area contributed by atoms with Gasteiger partial charge in [0.2, 0.25) is 11.8 Å². The molecule has 2 aliphatic heterocycles. The van der Waals surface area contributed by atoms with E-state index in [0.717, 1.165) is 38.7 Å². The second kappa shape index (κ2) is 21.0. The van der Waals surface area contributed by atoms with Crippen LogP contribution in [0.5, 0.6) is 11.5 Å². The number of aryl methyl sites for hydroxylation is 1. The number of likely N-dealkylation sites (tertiary alicyclic amines) is 1. The fraction of sp³-hybridized carbons (Fsp3) is 0.327. The Labute approximate surface area is 418 Å². The lowest BCUT2D eigenvalue weighted by molar-refractivity contribution is -0.144. The predicted octanol–water partition coefficient (Wildman–Crippen LogP) is 7.54. The Morgan fingerprint density at radius 2 is 1.62 bits per heavy atom. The number of halogens is 3. The Morgan fingerprint density at radius 1 is 0.972 bits per heavy atom. The molecule has 14 nitrogen and oxygen atoms in total. The zero-order valence-corrected chi connectivity index (χ0v) is 41.2. The van der Waals surface area contributed by atoms with Crippen LogP contribution in [0.25, 0.3) is 10.4 Å². The molecule has 1 aromatic heterocycles. The van der Waals surface area contributed by atoms with Gasteiger partial charge in [-0.25, -0.2) is 4.98 Å². The number of alkyl halides is 3. The molecule has 3 heterocycles. The Balaban J connectivity index is 0.887. The monoisotopic (exact) mass is 1010 g/mol. The minimum absolute atomic E-state index is 0.0163. The number of carbonyl (C=O) groups is 4. The molecule has 0 saturated carbocycles. The number of rotatable bonds is 13. The number of β-amino-alcohol motifs (C(OH)–C–C–N with tert-alkyl or cyclic N) is 1. The van der Waals surface area contributed by atoms with Crippen LogP contribution >= 0.6 is 23.6 Å². The molecule has 3 atom stereocenters. The number of thiazole rings is 1. The standard InChI is InChI=1S/C52H50F3N7O7S2/c1-31-44(71-30-58-31)34-13-9-33(10-14-34)27-57-46(65)42-25-38(63)28-60(42)47(66)45(50(2,3)4)59-43(64)29-69-40-21-19-39(20-22-40)68-23-7-8-32-11-16-36(17-12-32)62-49(70)61(48(67)51(62,5)6)37-18-15-35(26-56)41(24-37)52(53,54)55/h9-22,24,30,38,42,45,63H,23,25,27-29H2,1-6H3,(H,57,65)(H,59,64)/t38-,42+,45-/m1/s1. The van der Waals surface area contributed by atoms with Crippen LogP contribution in [-0.2, 0) is 31.9 Å². The molecule has 0 bridgehead atoms. The highest BCUT2D eigenvalue weighted by atomic mass is 32.1. The molecule has 0 aliphatic carbocycles. The number of carbonyl (C=O) groups excluding carboxylic acids is 4. The fourth-order valence-corrected chi connectivity index (χ4v) is 9.51. The molecule has 4 aromatic carbocycles. The van der Waals surface area contributed by atoms with Crippen molar-refractivity contribution in [3.63, 3.8) is 0 Å². The van der Waals surface area contributed by atoms with E-state index in [0.29, 0.717) is 22.7 Å². The summed E-state index contributed by atoms with van der Waals surface area (Å²) in [7, 11) is 0. The second-order valence-corrected chi connectivity index (χ2v) is 19.7. The molecule has 0 radical (unpaired) electrons. The molecule has 2 saturated heterocycles. The molecule has 71 heavy (non-hydrogen) atoms. The highest BCUT2D eigenvalue weighted by molar-refractivity contribution is 7.81. The van der Waals surface area contributed by atoms with Crippen LogP contribution in [0.3, 0.4) is 0 Å². The lowest BCUT2D eigenvalue weighted by Gasteiger charge is -2.35. The summed E-state index contributed by atoms with van der Waals surface area (Å²) in [5.41, 5.74) is 1.90. The second-order valence-electron chi connectivity index (χ2n) is 18.5. The third kappa shape index (κ3) is 11.7. The number of benzene rings is 4. The highest BCUT2D eigenvalue weighted by Crippen LogP contribution is 2.40. The van der Waals surface area contributed by atoms with Crippen molar-refractivity contribution in [2.45, 2.75) is 84.4 Å². The molecule has 7 rings (SSSR count). The first kappa shape index (κ1) is 51.5. The van der Waals surface area contributed by atoms with Crippen molar-refractivity contribution in [1.29, 1.82) is 5.26 Å². The summed E-state index contributed by atoms with van der Waals surface area (Å²) in [5, 5.41) is 25.5. The van der Waals surface area contributed by atoms with E-state index in [4.69, 9.17) is 21.7 Å². The van der Waals surface area contributed by atoms with Gasteiger partial charge in [-0.2, -0.15) is 18.4 Å². The van der Waals surface area contributed by atoms with Gasteiger partial charge in [0.1, 0.15) is 35.7 Å². The molecule has 19 heteroatoms. The van der Waals surface area contributed by atoms with Crippen LogP contribution in [0, 0.1) is 35.5 Å². The quantitative estimate of drug-likeness (QED) is 0.0785. The van der Waals surface area contributed by atoms with E-state index in [1.807, 2.05) is 31.2 Å². The van der Waals surface area contributed by atoms with E-state index in [2.05, 4.69) is 27.5 Å². The van der Waals surface area contributed by atoms with E-state index < -0.39 is 76.7 Å². The summed E-state index contributed by atoms with van der Waals surface area (Å²) >= 11 is 7.18. The number of anilines is 2. The van der Waals surface area contributed by atoms with Crippen LogP contribution in [-0.4, -0.2) is 87.2 Å². The lowest BCUT2D eigenvalue weighted by Crippen LogP contribution is -2.58. The first-order valence-electron chi connectivity index (χ1n) is 22.4. The minimum Gasteiger partial charge on any atom is -0.484 e. The number of amides is 4. The van der Waals surface area contributed by atoms with Crippen LogP contribution in [0.4, 0.5) is 24.5 Å². The maximum absolute atomic E-state index is 14.0. The average Bonchev–Trinajstić information content (AvgIpc) is 4.00. The summed E-state index contributed by atoms with van der Waals surface area (Å²) in [6.07, 6.45) is -5.67. The van der Waals surface area contributed by atoms with Gasteiger partial charge in [0, 0.05) is 30.8 Å². The molecule has 0 spiro atoms. The molecule has 4 amide bonds. The summed E-state index contributed by atoms with van der Waals surface area (Å²) in [6, 6.07) is 23.7. The number of aliphatic hydroxyl groups is 1. The summed E-state index contributed by atoms with van der Waals surface area (Å²) in [4.78, 5) is 63.6. The fourth-order valence-electron chi connectivity index (χ4n) is 8.17. The largest absolute Gasteiger partial charge is 0.484 e. The number of hydrogen-bond acceptors (Lipinski definition) is 11. The smallest absolute Gasteiger partial charge is 0.417 e. The number of nitriles is 1. The van der Waals surface area contributed by atoms with Crippen molar-refractivity contribution in [2.75, 3.05) is 29.6 Å². The topological polar surface area (TPSA) is 177 Å².